The largest absolute Gasteiger partial charge is 0.375 e. The van der Waals surface area contributed by atoms with E-state index in [9.17, 15) is 4.79 Å². The molecule has 0 aliphatic carbocycles. The molecule has 1 heterocycles. The normalized spacial score (nSPS) is 11.3. The zero-order valence-corrected chi connectivity index (χ0v) is 13.2. The van der Waals surface area contributed by atoms with Crippen molar-refractivity contribution in [2.75, 3.05) is 11.5 Å². The van der Waals surface area contributed by atoms with Crippen LogP contribution in [-0.4, -0.2) is 33.6 Å². The summed E-state index contributed by atoms with van der Waals surface area (Å²) in [5.74, 6) is 0.607. The lowest BCUT2D eigenvalue weighted by Crippen LogP contribution is -2.43. The zero-order chi connectivity index (χ0) is 13.9. The third-order valence-corrected chi connectivity index (χ3v) is 4.83. The molecule has 0 fully saturated rings. The van der Waals surface area contributed by atoms with E-state index in [4.69, 9.17) is 5.73 Å². The fourth-order valence-electron chi connectivity index (χ4n) is 1.91. The molecule has 1 rings (SSSR count). The number of nitrogens with zero attached hydrogens (tertiary/aromatic N) is 2. The predicted octanol–water partition coefficient (Wildman–Crippen LogP) is 2.77. The molecule has 0 aliphatic heterocycles. The Morgan fingerprint density at radius 2 is 1.94 bits per heavy atom. The number of amides is 1. The maximum absolute atomic E-state index is 12.2. The monoisotopic (exact) mass is 287 g/mol. The number of anilines is 1. The van der Waals surface area contributed by atoms with Crippen molar-refractivity contribution >= 4 is 34.1 Å². The quantitative estimate of drug-likeness (QED) is 0.846. The number of nitrogens with two attached hydrogens (primary N) is 1. The standard InChI is InChI=1S/C12H21N3OS2/c1-7(2)15(8(3)4)10(16)6-17-11-9(5)14-12(13)18-11/h7-8H,6H2,1-5H3,(H2,13,14). The Kier molecular flexibility index (Phi) is 5.47. The smallest absolute Gasteiger partial charge is 0.233 e. The van der Waals surface area contributed by atoms with E-state index in [-0.39, 0.29) is 18.0 Å². The van der Waals surface area contributed by atoms with Crippen molar-refractivity contribution in [1.82, 2.24) is 9.88 Å². The van der Waals surface area contributed by atoms with Gasteiger partial charge >= 0.3 is 0 Å². The number of aryl methyl sites for hydroxylation is 1. The van der Waals surface area contributed by atoms with Crippen LogP contribution in [0.2, 0.25) is 0 Å². The van der Waals surface area contributed by atoms with E-state index in [2.05, 4.69) is 4.98 Å². The Labute approximate surface area is 117 Å². The van der Waals surface area contributed by atoms with Gasteiger partial charge < -0.3 is 10.6 Å². The molecule has 0 saturated heterocycles. The second-order valence-electron chi connectivity index (χ2n) is 4.70. The Morgan fingerprint density at radius 1 is 1.39 bits per heavy atom. The van der Waals surface area contributed by atoms with Crippen molar-refractivity contribution < 1.29 is 4.79 Å². The Morgan fingerprint density at radius 3 is 2.33 bits per heavy atom. The number of hydrogen-bond acceptors (Lipinski definition) is 5. The molecule has 102 valence electrons. The van der Waals surface area contributed by atoms with Gasteiger partial charge in [0.05, 0.1) is 15.7 Å². The first-order valence-corrected chi connectivity index (χ1v) is 7.80. The lowest BCUT2D eigenvalue weighted by molar-refractivity contribution is -0.131. The first kappa shape index (κ1) is 15.3. The van der Waals surface area contributed by atoms with Gasteiger partial charge in [0, 0.05) is 12.1 Å². The topological polar surface area (TPSA) is 59.2 Å². The summed E-state index contributed by atoms with van der Waals surface area (Å²) in [6.45, 7) is 10.1. The summed E-state index contributed by atoms with van der Waals surface area (Å²) in [6.07, 6.45) is 0. The van der Waals surface area contributed by atoms with E-state index in [1.54, 1.807) is 0 Å². The molecule has 1 aromatic rings. The minimum absolute atomic E-state index is 0.163. The molecular weight excluding hydrogens is 266 g/mol. The second-order valence-corrected chi connectivity index (χ2v) is 6.98. The van der Waals surface area contributed by atoms with Gasteiger partial charge in [0.2, 0.25) is 5.91 Å². The van der Waals surface area contributed by atoms with Gasteiger partial charge in [-0.3, -0.25) is 4.79 Å². The van der Waals surface area contributed by atoms with Crippen molar-refractivity contribution in [3.63, 3.8) is 0 Å². The fourth-order valence-corrected chi connectivity index (χ4v) is 3.80. The number of thioether (sulfide) groups is 1. The molecule has 0 spiro atoms. The van der Waals surface area contributed by atoms with E-state index in [0.717, 1.165) is 9.90 Å². The van der Waals surface area contributed by atoms with Crippen LogP contribution in [0, 0.1) is 6.92 Å². The van der Waals surface area contributed by atoms with Crippen LogP contribution in [0.25, 0.3) is 0 Å². The molecule has 1 amide bonds. The highest BCUT2D eigenvalue weighted by molar-refractivity contribution is 8.01. The molecule has 0 atom stereocenters. The Balaban J connectivity index is 2.62. The molecule has 0 bridgehead atoms. The highest BCUT2D eigenvalue weighted by atomic mass is 32.2. The van der Waals surface area contributed by atoms with Gasteiger partial charge in [0.1, 0.15) is 0 Å². The lowest BCUT2D eigenvalue weighted by atomic mass is 10.2. The van der Waals surface area contributed by atoms with Crippen molar-refractivity contribution in [3.05, 3.63) is 5.69 Å². The molecule has 0 saturated carbocycles. The number of aromatic nitrogens is 1. The molecule has 4 nitrogen and oxygen atoms in total. The van der Waals surface area contributed by atoms with Gasteiger partial charge in [-0.1, -0.05) is 11.3 Å². The Hall–Kier alpha value is -0.750. The van der Waals surface area contributed by atoms with Crippen LogP contribution < -0.4 is 5.73 Å². The fraction of sp³-hybridized carbons (Fsp3) is 0.667. The highest BCUT2D eigenvalue weighted by Gasteiger charge is 2.20. The van der Waals surface area contributed by atoms with Gasteiger partial charge in [0.15, 0.2) is 5.13 Å². The zero-order valence-electron chi connectivity index (χ0n) is 11.6. The van der Waals surface area contributed by atoms with E-state index in [1.165, 1.54) is 23.1 Å². The summed E-state index contributed by atoms with van der Waals surface area (Å²) in [5.41, 5.74) is 6.55. The summed E-state index contributed by atoms with van der Waals surface area (Å²) in [6, 6.07) is 0.455. The third kappa shape index (κ3) is 3.88. The van der Waals surface area contributed by atoms with Crippen LogP contribution in [0.3, 0.4) is 0 Å². The molecule has 0 radical (unpaired) electrons. The summed E-state index contributed by atoms with van der Waals surface area (Å²) < 4.78 is 1.04. The lowest BCUT2D eigenvalue weighted by Gasteiger charge is -2.30. The molecular formula is C12H21N3OS2. The van der Waals surface area contributed by atoms with Crippen LogP contribution in [0.1, 0.15) is 33.4 Å². The van der Waals surface area contributed by atoms with Crippen LogP contribution in [-0.2, 0) is 4.79 Å². The number of thiazole rings is 1. The van der Waals surface area contributed by atoms with Gasteiger partial charge in [-0.15, -0.1) is 11.8 Å². The molecule has 0 unspecified atom stereocenters. The maximum Gasteiger partial charge on any atom is 0.233 e. The molecule has 6 heteroatoms. The molecule has 1 aromatic heterocycles. The van der Waals surface area contributed by atoms with Gasteiger partial charge in [-0.25, -0.2) is 4.98 Å². The molecule has 2 N–H and O–H groups in total. The minimum atomic E-state index is 0.163. The van der Waals surface area contributed by atoms with E-state index in [1.807, 2.05) is 39.5 Å². The van der Waals surface area contributed by atoms with Gasteiger partial charge in [-0.2, -0.15) is 0 Å². The molecule has 18 heavy (non-hydrogen) atoms. The maximum atomic E-state index is 12.2. The summed E-state index contributed by atoms with van der Waals surface area (Å²) >= 11 is 2.97. The SMILES string of the molecule is Cc1nc(N)sc1SCC(=O)N(C(C)C)C(C)C. The van der Waals surface area contributed by atoms with Crippen molar-refractivity contribution in [3.8, 4) is 0 Å². The first-order valence-electron chi connectivity index (χ1n) is 5.99. The molecule has 0 aromatic carbocycles. The van der Waals surface area contributed by atoms with Crippen molar-refractivity contribution in [2.24, 2.45) is 0 Å². The number of carbonyl (C=O) groups excluding carboxylic acids is 1. The third-order valence-electron chi connectivity index (χ3n) is 2.50. The number of hydrogen-bond donors (Lipinski definition) is 1. The van der Waals surface area contributed by atoms with E-state index < -0.39 is 0 Å². The van der Waals surface area contributed by atoms with Crippen LogP contribution in [0.4, 0.5) is 5.13 Å². The van der Waals surface area contributed by atoms with Gasteiger partial charge in [0.25, 0.3) is 0 Å². The Bertz CT molecular complexity index is 407. The predicted molar refractivity (Wildman–Crippen MR) is 79.1 cm³/mol. The first-order chi connectivity index (χ1) is 8.32. The van der Waals surface area contributed by atoms with E-state index >= 15 is 0 Å². The number of carbonyl (C=O) groups is 1. The van der Waals surface area contributed by atoms with E-state index in [0.29, 0.717) is 10.9 Å². The number of nitrogen functional groups attached to an aromatic ring is 1. The van der Waals surface area contributed by atoms with Gasteiger partial charge in [-0.05, 0) is 34.6 Å². The summed E-state index contributed by atoms with van der Waals surface area (Å²) in [4.78, 5) is 18.2. The second kappa shape index (κ2) is 6.43. The summed E-state index contributed by atoms with van der Waals surface area (Å²) in [5, 5.41) is 0.562. The van der Waals surface area contributed by atoms with Crippen LogP contribution in [0.15, 0.2) is 4.21 Å². The van der Waals surface area contributed by atoms with Crippen molar-refractivity contribution in [1.29, 1.82) is 0 Å². The van der Waals surface area contributed by atoms with Crippen LogP contribution in [0.5, 0.6) is 0 Å². The summed E-state index contributed by atoms with van der Waals surface area (Å²) in [7, 11) is 0. The van der Waals surface area contributed by atoms with Crippen molar-refractivity contribution in [2.45, 2.75) is 50.9 Å². The minimum Gasteiger partial charge on any atom is -0.375 e. The molecule has 0 aliphatic rings. The highest BCUT2D eigenvalue weighted by Crippen LogP contribution is 2.30. The number of rotatable bonds is 5. The van der Waals surface area contributed by atoms with Crippen LogP contribution >= 0.6 is 23.1 Å². The average molecular weight is 287 g/mol. The average Bonchev–Trinajstić information content (AvgIpc) is 2.53.